The Morgan fingerprint density at radius 2 is 1.89 bits per heavy atom. The van der Waals surface area contributed by atoms with Crippen LogP contribution in [-0.2, 0) is 9.53 Å². The van der Waals surface area contributed by atoms with E-state index >= 15 is 0 Å². The molecule has 0 aliphatic carbocycles. The van der Waals surface area contributed by atoms with Gasteiger partial charge < -0.3 is 23.5 Å². The molecule has 0 N–H and O–H groups in total. The molecule has 1 aromatic carbocycles. The molecule has 4 heterocycles. The molecule has 0 saturated carbocycles. The summed E-state index contributed by atoms with van der Waals surface area (Å²) >= 11 is 1.25. The molecule has 10 heteroatoms. The van der Waals surface area contributed by atoms with Crippen LogP contribution < -0.4 is 29.3 Å². The largest absolute Gasteiger partial charge is 0.497 e. The molecule has 3 aromatic rings. The monoisotopic (exact) mass is 523 g/mol. The quantitative estimate of drug-likeness (QED) is 0.459. The molecular weight excluding hydrogens is 494 g/mol. The number of benzene rings is 1. The molecule has 9 nitrogen and oxygen atoms in total. The van der Waals surface area contributed by atoms with Crippen LogP contribution in [0.4, 0.5) is 5.88 Å². The number of ether oxygens (including phenoxy) is 3. The molecule has 5 rings (SSSR count). The SMILES string of the molecule is COC(=O)C1=C(C)N=c2sc(=Cc3ccc(N4CCCCC4)o3)c(=O)n2C1c1ccc(OC)cc1OC. The smallest absolute Gasteiger partial charge is 0.338 e. The maximum Gasteiger partial charge on any atom is 0.338 e. The molecule has 1 fully saturated rings. The van der Waals surface area contributed by atoms with Gasteiger partial charge in [0.2, 0.25) is 0 Å². The zero-order valence-corrected chi connectivity index (χ0v) is 22.1. The number of furan rings is 1. The molecule has 2 aromatic heterocycles. The number of aromatic nitrogens is 1. The first-order valence-corrected chi connectivity index (χ1v) is 12.9. The standard InChI is InChI=1S/C27H29N3O6S/c1-16-23(26(32)35-4)24(19-10-8-17(33-2)14-20(19)34-3)30-25(31)21(37-27(30)28-16)15-18-9-11-22(36-18)29-12-6-5-7-13-29/h8-11,14-15,24H,5-7,12-13H2,1-4H3. The third-order valence-electron chi connectivity index (χ3n) is 6.72. The van der Waals surface area contributed by atoms with Gasteiger partial charge >= 0.3 is 5.97 Å². The van der Waals surface area contributed by atoms with Crippen LogP contribution in [-0.4, -0.2) is 45.0 Å². The molecule has 0 bridgehead atoms. The average molecular weight is 524 g/mol. The van der Waals surface area contributed by atoms with E-state index in [-0.39, 0.29) is 11.1 Å². The number of carbonyl (C=O) groups is 1. The molecule has 37 heavy (non-hydrogen) atoms. The Labute approximate surface area is 217 Å². The lowest BCUT2D eigenvalue weighted by Gasteiger charge is -2.26. The Balaban J connectivity index is 1.65. The molecule has 0 spiro atoms. The maximum absolute atomic E-state index is 13.8. The summed E-state index contributed by atoms with van der Waals surface area (Å²) in [4.78, 5) is 34.0. The normalized spacial score (nSPS) is 17.9. The van der Waals surface area contributed by atoms with E-state index in [1.807, 2.05) is 12.1 Å². The topological polar surface area (TPSA) is 95.5 Å². The number of carbonyl (C=O) groups excluding carboxylic acids is 1. The summed E-state index contributed by atoms with van der Waals surface area (Å²) in [6, 6.07) is 8.31. The molecule has 0 amide bonds. The first-order valence-electron chi connectivity index (χ1n) is 12.1. The highest BCUT2D eigenvalue weighted by molar-refractivity contribution is 7.07. The Morgan fingerprint density at radius 3 is 2.59 bits per heavy atom. The zero-order valence-electron chi connectivity index (χ0n) is 21.3. The molecule has 2 aliphatic heterocycles. The van der Waals surface area contributed by atoms with Crippen molar-refractivity contribution in [3.8, 4) is 11.5 Å². The summed E-state index contributed by atoms with van der Waals surface area (Å²) in [5.74, 6) is 1.91. The van der Waals surface area contributed by atoms with Crippen LogP contribution in [0.1, 0.15) is 43.6 Å². The number of fused-ring (bicyclic) bond motifs is 1. The van der Waals surface area contributed by atoms with Gasteiger partial charge in [-0.15, -0.1) is 0 Å². The van der Waals surface area contributed by atoms with Crippen molar-refractivity contribution in [2.75, 3.05) is 39.3 Å². The minimum atomic E-state index is -0.785. The van der Waals surface area contributed by atoms with Gasteiger partial charge in [-0.3, -0.25) is 9.36 Å². The van der Waals surface area contributed by atoms with Gasteiger partial charge in [-0.1, -0.05) is 11.3 Å². The van der Waals surface area contributed by atoms with Crippen molar-refractivity contribution in [2.45, 2.75) is 32.2 Å². The summed E-state index contributed by atoms with van der Waals surface area (Å²) in [5.41, 5.74) is 1.09. The third kappa shape index (κ3) is 4.57. The second-order valence-electron chi connectivity index (χ2n) is 8.90. The number of allylic oxidation sites excluding steroid dienone is 1. The van der Waals surface area contributed by atoms with E-state index in [4.69, 9.17) is 18.6 Å². The van der Waals surface area contributed by atoms with E-state index in [1.165, 1.54) is 36.5 Å². The van der Waals surface area contributed by atoms with Crippen molar-refractivity contribution in [3.63, 3.8) is 0 Å². The minimum absolute atomic E-state index is 0.273. The number of anilines is 1. The number of thiazole rings is 1. The highest BCUT2D eigenvalue weighted by atomic mass is 32.1. The van der Waals surface area contributed by atoms with Crippen LogP contribution in [0.25, 0.3) is 6.08 Å². The number of methoxy groups -OCH3 is 3. The van der Waals surface area contributed by atoms with Crippen LogP contribution in [0.5, 0.6) is 11.5 Å². The lowest BCUT2D eigenvalue weighted by molar-refractivity contribution is -0.136. The fraction of sp³-hybridized carbons (Fsp3) is 0.370. The van der Waals surface area contributed by atoms with Gasteiger partial charge in [-0.2, -0.15) is 0 Å². The first-order chi connectivity index (χ1) is 17.9. The van der Waals surface area contributed by atoms with Crippen molar-refractivity contribution < 1.29 is 23.4 Å². The fourth-order valence-electron chi connectivity index (χ4n) is 4.86. The van der Waals surface area contributed by atoms with E-state index in [0.29, 0.717) is 37.9 Å². The highest BCUT2D eigenvalue weighted by Gasteiger charge is 2.35. The van der Waals surface area contributed by atoms with Crippen LogP contribution in [0.2, 0.25) is 0 Å². The average Bonchev–Trinajstić information content (AvgIpc) is 3.52. The van der Waals surface area contributed by atoms with Crippen LogP contribution in [0, 0.1) is 0 Å². The molecule has 1 saturated heterocycles. The van der Waals surface area contributed by atoms with Crippen molar-refractivity contribution >= 4 is 29.3 Å². The second-order valence-corrected chi connectivity index (χ2v) is 9.91. The number of esters is 1. The lowest BCUT2D eigenvalue weighted by atomic mass is 9.95. The number of rotatable bonds is 6. The van der Waals surface area contributed by atoms with Gasteiger partial charge in [-0.05, 0) is 44.4 Å². The van der Waals surface area contributed by atoms with Gasteiger partial charge in [0, 0.05) is 36.9 Å². The molecule has 1 atom stereocenters. The van der Waals surface area contributed by atoms with E-state index in [1.54, 1.807) is 38.3 Å². The summed E-state index contributed by atoms with van der Waals surface area (Å²) in [6.45, 7) is 3.67. The van der Waals surface area contributed by atoms with Crippen molar-refractivity contribution in [3.05, 3.63) is 72.6 Å². The number of nitrogens with zero attached hydrogens (tertiary/aromatic N) is 3. The van der Waals surface area contributed by atoms with Gasteiger partial charge in [-0.25, -0.2) is 9.79 Å². The molecule has 0 radical (unpaired) electrons. The van der Waals surface area contributed by atoms with Gasteiger partial charge in [0.15, 0.2) is 10.7 Å². The van der Waals surface area contributed by atoms with Crippen molar-refractivity contribution in [1.82, 2.24) is 4.57 Å². The summed E-state index contributed by atoms with van der Waals surface area (Å²) in [6.07, 6.45) is 5.26. The van der Waals surface area contributed by atoms with E-state index in [2.05, 4.69) is 9.89 Å². The number of piperidine rings is 1. The summed E-state index contributed by atoms with van der Waals surface area (Å²) < 4.78 is 24.1. The molecule has 2 aliphatic rings. The van der Waals surface area contributed by atoms with Crippen molar-refractivity contribution in [2.24, 2.45) is 4.99 Å². The predicted molar refractivity (Wildman–Crippen MR) is 140 cm³/mol. The Kier molecular flexibility index (Phi) is 6.92. The predicted octanol–water partition coefficient (Wildman–Crippen LogP) is 3.01. The second kappa shape index (κ2) is 10.3. The number of hydrogen-bond acceptors (Lipinski definition) is 9. The van der Waals surface area contributed by atoms with E-state index < -0.39 is 12.0 Å². The van der Waals surface area contributed by atoms with E-state index in [0.717, 1.165) is 31.8 Å². The third-order valence-corrected chi connectivity index (χ3v) is 7.70. The van der Waals surface area contributed by atoms with Crippen molar-refractivity contribution in [1.29, 1.82) is 0 Å². The molecular formula is C27H29N3O6S. The maximum atomic E-state index is 13.8. The lowest BCUT2D eigenvalue weighted by Crippen LogP contribution is -2.40. The molecule has 194 valence electrons. The zero-order chi connectivity index (χ0) is 26.1. The summed E-state index contributed by atoms with van der Waals surface area (Å²) in [5, 5.41) is 0. The van der Waals surface area contributed by atoms with Crippen LogP contribution in [0.3, 0.4) is 0 Å². The van der Waals surface area contributed by atoms with E-state index in [9.17, 15) is 9.59 Å². The minimum Gasteiger partial charge on any atom is -0.497 e. The van der Waals surface area contributed by atoms with Crippen LogP contribution in [0.15, 0.2) is 55.8 Å². The Morgan fingerprint density at radius 1 is 1.11 bits per heavy atom. The fourth-order valence-corrected chi connectivity index (χ4v) is 5.89. The Bertz CT molecular complexity index is 1540. The molecule has 1 unspecified atom stereocenters. The first kappa shape index (κ1) is 24.9. The van der Waals surface area contributed by atoms with Crippen LogP contribution >= 0.6 is 11.3 Å². The van der Waals surface area contributed by atoms with Gasteiger partial charge in [0.1, 0.15) is 23.3 Å². The highest BCUT2D eigenvalue weighted by Crippen LogP contribution is 2.37. The number of hydrogen-bond donors (Lipinski definition) is 0. The summed E-state index contributed by atoms with van der Waals surface area (Å²) in [7, 11) is 4.41. The Hall–Kier alpha value is -3.79. The van der Waals surface area contributed by atoms with Gasteiger partial charge in [0.05, 0.1) is 37.1 Å². The van der Waals surface area contributed by atoms with Gasteiger partial charge in [0.25, 0.3) is 5.56 Å².